The molecule has 7 heteroatoms. The first kappa shape index (κ1) is 18.2. The number of aromatic nitrogens is 2. The van der Waals surface area contributed by atoms with E-state index in [0.29, 0.717) is 11.5 Å². The van der Waals surface area contributed by atoms with Crippen molar-refractivity contribution in [2.75, 3.05) is 17.7 Å². The lowest BCUT2D eigenvalue weighted by molar-refractivity contribution is -0.114. The molecule has 3 aromatic rings. The Morgan fingerprint density at radius 1 is 1.07 bits per heavy atom. The molecule has 0 unspecified atom stereocenters. The van der Waals surface area contributed by atoms with Crippen LogP contribution in [0.2, 0.25) is 0 Å². The van der Waals surface area contributed by atoms with Gasteiger partial charge in [0.25, 0.3) is 0 Å². The van der Waals surface area contributed by atoms with Crippen LogP contribution in [-0.4, -0.2) is 28.1 Å². The molecule has 0 saturated heterocycles. The number of aryl methyl sites for hydroxylation is 1. The maximum Gasteiger partial charge on any atom is 0.231 e. The van der Waals surface area contributed by atoms with Gasteiger partial charge in [-0.25, -0.2) is 4.98 Å². The molecule has 0 aliphatic heterocycles. The summed E-state index contributed by atoms with van der Waals surface area (Å²) in [5, 5.41) is 15.5. The minimum absolute atomic E-state index is 0.203. The molecule has 7 nitrogen and oxygen atoms in total. The third-order valence-corrected chi connectivity index (χ3v) is 3.87. The summed E-state index contributed by atoms with van der Waals surface area (Å²) in [4.78, 5) is 20.2. The van der Waals surface area contributed by atoms with Crippen molar-refractivity contribution < 1.29 is 14.6 Å². The van der Waals surface area contributed by atoms with E-state index in [9.17, 15) is 9.90 Å². The number of carbonyl (C=O) groups is 1. The van der Waals surface area contributed by atoms with Gasteiger partial charge in [0.2, 0.25) is 11.9 Å². The molecule has 0 spiro atoms. The summed E-state index contributed by atoms with van der Waals surface area (Å²) in [6, 6.07) is 14.4. The molecule has 1 amide bonds. The second kappa shape index (κ2) is 7.74. The van der Waals surface area contributed by atoms with Gasteiger partial charge in [-0.05, 0) is 55.0 Å². The molecule has 0 bridgehead atoms. The average molecular weight is 364 g/mol. The topological polar surface area (TPSA) is 96.4 Å². The van der Waals surface area contributed by atoms with E-state index in [2.05, 4.69) is 20.6 Å². The van der Waals surface area contributed by atoms with Crippen molar-refractivity contribution in [3.8, 4) is 22.8 Å². The molecule has 3 N–H and O–H groups in total. The number of hydrogen-bond acceptors (Lipinski definition) is 6. The molecular formula is C20H20N4O3. The van der Waals surface area contributed by atoms with E-state index in [-0.39, 0.29) is 17.6 Å². The number of nitrogens with one attached hydrogen (secondary N) is 2. The quantitative estimate of drug-likeness (QED) is 0.595. The molecule has 0 aliphatic rings. The second-order valence-electron chi connectivity index (χ2n) is 6.00. The Hall–Kier alpha value is -3.61. The van der Waals surface area contributed by atoms with Crippen molar-refractivity contribution in [1.29, 1.82) is 0 Å². The van der Waals surface area contributed by atoms with Gasteiger partial charge in [-0.2, -0.15) is 4.98 Å². The number of aromatic hydroxyl groups is 1. The van der Waals surface area contributed by atoms with Crippen molar-refractivity contribution in [1.82, 2.24) is 9.97 Å². The third kappa shape index (κ3) is 4.52. The summed E-state index contributed by atoms with van der Waals surface area (Å²) >= 11 is 0. The monoisotopic (exact) mass is 364 g/mol. The lowest BCUT2D eigenvalue weighted by Gasteiger charge is -2.11. The van der Waals surface area contributed by atoms with Crippen molar-refractivity contribution in [3.63, 3.8) is 0 Å². The molecule has 3 rings (SSSR count). The van der Waals surface area contributed by atoms with Gasteiger partial charge in [-0.3, -0.25) is 10.1 Å². The highest BCUT2D eigenvalue weighted by Gasteiger charge is 2.09. The van der Waals surface area contributed by atoms with Crippen LogP contribution < -0.4 is 15.4 Å². The first-order valence-electron chi connectivity index (χ1n) is 8.32. The van der Waals surface area contributed by atoms with Crippen molar-refractivity contribution in [2.45, 2.75) is 13.8 Å². The van der Waals surface area contributed by atoms with E-state index in [1.165, 1.54) is 6.92 Å². The fraction of sp³-hybridized carbons (Fsp3) is 0.150. The van der Waals surface area contributed by atoms with E-state index >= 15 is 0 Å². The van der Waals surface area contributed by atoms with Crippen LogP contribution in [0.15, 0.2) is 48.5 Å². The molecule has 0 atom stereocenters. The SMILES string of the molecule is COc1ccc(-c2cc(Nc3ccc(O)c(C)c3)nc(NC(C)=O)n2)cc1. The van der Waals surface area contributed by atoms with Gasteiger partial charge in [0.1, 0.15) is 17.3 Å². The van der Waals surface area contributed by atoms with Crippen LogP contribution in [0.1, 0.15) is 12.5 Å². The first-order chi connectivity index (χ1) is 12.9. The van der Waals surface area contributed by atoms with Crippen LogP contribution >= 0.6 is 0 Å². The Balaban J connectivity index is 1.98. The van der Waals surface area contributed by atoms with Crippen LogP contribution in [-0.2, 0) is 4.79 Å². The number of phenols is 1. The van der Waals surface area contributed by atoms with Crippen LogP contribution in [0, 0.1) is 6.92 Å². The Morgan fingerprint density at radius 2 is 1.81 bits per heavy atom. The van der Waals surface area contributed by atoms with E-state index in [1.54, 1.807) is 25.3 Å². The molecule has 1 aromatic heterocycles. The number of carbonyl (C=O) groups excluding carboxylic acids is 1. The van der Waals surface area contributed by atoms with Crippen molar-refractivity contribution in [2.24, 2.45) is 0 Å². The minimum Gasteiger partial charge on any atom is -0.508 e. The van der Waals surface area contributed by atoms with E-state index in [4.69, 9.17) is 4.74 Å². The summed E-state index contributed by atoms with van der Waals surface area (Å²) in [5.41, 5.74) is 3.01. The maximum absolute atomic E-state index is 11.4. The number of nitrogens with zero attached hydrogens (tertiary/aromatic N) is 2. The molecular weight excluding hydrogens is 344 g/mol. The molecule has 0 saturated carbocycles. The molecule has 138 valence electrons. The highest BCUT2D eigenvalue weighted by Crippen LogP contribution is 2.27. The second-order valence-corrected chi connectivity index (χ2v) is 6.00. The number of amides is 1. The van der Waals surface area contributed by atoms with Crippen molar-refractivity contribution in [3.05, 3.63) is 54.1 Å². The first-order valence-corrected chi connectivity index (χ1v) is 8.32. The van der Waals surface area contributed by atoms with Crippen LogP contribution in [0.3, 0.4) is 0 Å². The summed E-state index contributed by atoms with van der Waals surface area (Å²) in [6.07, 6.45) is 0. The Labute approximate surface area is 157 Å². The normalized spacial score (nSPS) is 10.3. The van der Waals surface area contributed by atoms with Crippen molar-refractivity contribution >= 4 is 23.4 Å². The highest BCUT2D eigenvalue weighted by atomic mass is 16.5. The van der Waals surface area contributed by atoms with Gasteiger partial charge in [0.15, 0.2) is 0 Å². The standard InChI is InChI=1S/C20H20N4O3/c1-12-10-15(6-9-18(12)26)22-19-11-17(23-20(24-19)21-13(2)25)14-4-7-16(27-3)8-5-14/h4-11,26H,1-3H3,(H2,21,22,23,24,25). The van der Waals surface area contributed by atoms with Gasteiger partial charge in [-0.1, -0.05) is 0 Å². The zero-order chi connectivity index (χ0) is 19.4. The fourth-order valence-corrected chi connectivity index (χ4v) is 2.52. The minimum atomic E-state index is -0.256. The molecule has 0 radical (unpaired) electrons. The molecule has 0 fully saturated rings. The number of anilines is 3. The lowest BCUT2D eigenvalue weighted by Crippen LogP contribution is -2.10. The number of rotatable bonds is 5. The smallest absolute Gasteiger partial charge is 0.231 e. The largest absolute Gasteiger partial charge is 0.508 e. The van der Waals surface area contributed by atoms with E-state index < -0.39 is 0 Å². The number of ether oxygens (including phenoxy) is 1. The Kier molecular flexibility index (Phi) is 5.21. The molecule has 1 heterocycles. The number of methoxy groups -OCH3 is 1. The summed E-state index contributed by atoms with van der Waals surface area (Å²) < 4.78 is 5.18. The zero-order valence-corrected chi connectivity index (χ0v) is 15.3. The molecule has 27 heavy (non-hydrogen) atoms. The van der Waals surface area contributed by atoms with Crippen LogP contribution in [0.25, 0.3) is 11.3 Å². The Bertz CT molecular complexity index is 971. The summed E-state index contributed by atoms with van der Waals surface area (Å²) in [5.74, 6) is 1.43. The third-order valence-electron chi connectivity index (χ3n) is 3.87. The fourth-order valence-electron chi connectivity index (χ4n) is 2.52. The van der Waals surface area contributed by atoms with Gasteiger partial charge in [-0.15, -0.1) is 0 Å². The van der Waals surface area contributed by atoms with Gasteiger partial charge in [0.05, 0.1) is 12.8 Å². The molecule has 0 aliphatic carbocycles. The van der Waals surface area contributed by atoms with Gasteiger partial charge >= 0.3 is 0 Å². The van der Waals surface area contributed by atoms with Crippen LogP contribution in [0.4, 0.5) is 17.5 Å². The number of hydrogen-bond donors (Lipinski definition) is 3. The van der Waals surface area contributed by atoms with E-state index in [1.807, 2.05) is 37.3 Å². The van der Waals surface area contributed by atoms with E-state index in [0.717, 1.165) is 22.6 Å². The average Bonchev–Trinajstić information content (AvgIpc) is 2.64. The predicted molar refractivity (Wildman–Crippen MR) is 104 cm³/mol. The predicted octanol–water partition coefficient (Wildman–Crippen LogP) is 3.87. The summed E-state index contributed by atoms with van der Waals surface area (Å²) in [6.45, 7) is 3.21. The van der Waals surface area contributed by atoms with Gasteiger partial charge in [0, 0.05) is 24.2 Å². The van der Waals surface area contributed by atoms with Crippen LogP contribution in [0.5, 0.6) is 11.5 Å². The summed E-state index contributed by atoms with van der Waals surface area (Å²) in [7, 11) is 1.61. The Morgan fingerprint density at radius 3 is 2.44 bits per heavy atom. The molecule has 2 aromatic carbocycles. The maximum atomic E-state index is 11.4. The highest BCUT2D eigenvalue weighted by molar-refractivity contribution is 5.87. The number of phenolic OH excluding ortho intramolecular Hbond substituents is 1. The zero-order valence-electron chi connectivity index (χ0n) is 15.3. The number of benzene rings is 2. The van der Waals surface area contributed by atoms with Gasteiger partial charge < -0.3 is 15.2 Å². The lowest BCUT2D eigenvalue weighted by atomic mass is 10.1.